The van der Waals surface area contributed by atoms with Crippen LogP contribution < -0.4 is 4.90 Å². The summed E-state index contributed by atoms with van der Waals surface area (Å²) in [7, 11) is 0. The van der Waals surface area contributed by atoms with Crippen molar-refractivity contribution >= 4 is 35.0 Å². The minimum Gasteiger partial charge on any atom is -0.342 e. The zero-order chi connectivity index (χ0) is 23.5. The lowest BCUT2D eigenvalue weighted by atomic mass is 9.84. The van der Waals surface area contributed by atoms with Gasteiger partial charge in [-0.15, -0.1) is 11.6 Å². The Morgan fingerprint density at radius 3 is 2.22 bits per heavy atom. The lowest BCUT2D eigenvalue weighted by molar-refractivity contribution is -0.144. The van der Waals surface area contributed by atoms with E-state index < -0.39 is 11.0 Å². The normalized spacial score (nSPS) is 18.4. The summed E-state index contributed by atoms with van der Waals surface area (Å²) in [5.74, 6) is 0.215. The van der Waals surface area contributed by atoms with Crippen molar-refractivity contribution in [2.45, 2.75) is 46.1 Å². The van der Waals surface area contributed by atoms with Crippen LogP contribution in [0.4, 0.5) is 5.69 Å². The van der Waals surface area contributed by atoms with Crippen molar-refractivity contribution in [1.29, 1.82) is 0 Å². The monoisotopic (exact) mass is 462 g/mol. The number of nitrogens with zero attached hydrogens (tertiary/aromatic N) is 4. The lowest BCUT2D eigenvalue weighted by Crippen LogP contribution is -2.58. The number of likely N-dealkylation sites (tertiary alicyclic amines) is 1. The van der Waals surface area contributed by atoms with Crippen molar-refractivity contribution < 1.29 is 14.4 Å². The Labute approximate surface area is 196 Å². The minimum atomic E-state index is -0.743. The van der Waals surface area contributed by atoms with Gasteiger partial charge < -0.3 is 19.6 Å². The Morgan fingerprint density at radius 2 is 1.69 bits per heavy atom. The second kappa shape index (κ2) is 9.69. The number of hydrogen-bond donors (Lipinski definition) is 0. The van der Waals surface area contributed by atoms with Gasteiger partial charge in [0.25, 0.3) is 5.91 Å². The molecular weight excluding hydrogens is 428 g/mol. The van der Waals surface area contributed by atoms with Crippen LogP contribution in [0.2, 0.25) is 0 Å². The van der Waals surface area contributed by atoms with Gasteiger partial charge in [-0.05, 0) is 52.7 Å². The van der Waals surface area contributed by atoms with Crippen LogP contribution in [0.1, 0.15) is 40.5 Å². The first-order valence-corrected chi connectivity index (χ1v) is 12.0. The molecule has 0 aromatic heterocycles. The van der Waals surface area contributed by atoms with Gasteiger partial charge in [-0.25, -0.2) is 0 Å². The first-order valence-electron chi connectivity index (χ1n) is 11.5. The highest BCUT2D eigenvalue weighted by Gasteiger charge is 2.54. The van der Waals surface area contributed by atoms with Gasteiger partial charge in [0, 0.05) is 37.7 Å². The van der Waals surface area contributed by atoms with Crippen LogP contribution in [0.15, 0.2) is 30.3 Å². The molecule has 32 heavy (non-hydrogen) atoms. The van der Waals surface area contributed by atoms with Crippen molar-refractivity contribution in [3.05, 3.63) is 30.3 Å². The predicted octanol–water partition coefficient (Wildman–Crippen LogP) is 2.79. The number of amides is 3. The Bertz CT molecular complexity index is 833. The van der Waals surface area contributed by atoms with Crippen LogP contribution in [-0.4, -0.2) is 83.2 Å². The molecule has 1 spiro atoms. The molecule has 1 aromatic carbocycles. The summed E-state index contributed by atoms with van der Waals surface area (Å²) in [5, 5.41) is 0. The van der Waals surface area contributed by atoms with Gasteiger partial charge in [0.2, 0.25) is 11.8 Å². The topological polar surface area (TPSA) is 64.2 Å². The molecule has 2 saturated heterocycles. The fourth-order valence-corrected chi connectivity index (χ4v) is 4.84. The fourth-order valence-electron chi connectivity index (χ4n) is 4.73. The van der Waals surface area contributed by atoms with Gasteiger partial charge in [0.1, 0.15) is 12.1 Å². The van der Waals surface area contributed by atoms with Crippen LogP contribution in [0, 0.1) is 5.41 Å². The Balaban J connectivity index is 1.84. The second-order valence-corrected chi connectivity index (χ2v) is 9.58. The highest BCUT2D eigenvalue weighted by molar-refractivity contribution is 6.19. The molecule has 0 unspecified atom stereocenters. The van der Waals surface area contributed by atoms with Crippen molar-refractivity contribution in [2.75, 3.05) is 50.2 Å². The molecule has 1 aromatic rings. The number of alkyl halides is 1. The summed E-state index contributed by atoms with van der Waals surface area (Å²) in [5.41, 5.74) is -0.417. The third-order valence-corrected chi connectivity index (χ3v) is 7.48. The number of anilines is 1. The Morgan fingerprint density at radius 1 is 1.09 bits per heavy atom. The summed E-state index contributed by atoms with van der Waals surface area (Å²) < 4.78 is 0. The van der Waals surface area contributed by atoms with E-state index in [1.54, 1.807) is 9.80 Å². The Hall–Kier alpha value is -2.28. The van der Waals surface area contributed by atoms with Crippen molar-refractivity contribution in [3.8, 4) is 0 Å². The van der Waals surface area contributed by atoms with E-state index in [1.807, 2.05) is 62.9 Å². The fraction of sp³-hybridized carbons (Fsp3) is 0.625. The largest absolute Gasteiger partial charge is 0.342 e. The SMILES string of the molecule is CCN(CC)C(=O)CN1CN(c2ccccc2)C2(CCN(C(=O)C(C)(C)CCl)CC2)C1=O. The van der Waals surface area contributed by atoms with Gasteiger partial charge >= 0.3 is 0 Å². The molecule has 176 valence electrons. The first kappa shape index (κ1) is 24.4. The summed E-state index contributed by atoms with van der Waals surface area (Å²) >= 11 is 6.02. The van der Waals surface area contributed by atoms with Gasteiger partial charge in [0.15, 0.2) is 0 Å². The van der Waals surface area contributed by atoms with Gasteiger partial charge in [-0.1, -0.05) is 18.2 Å². The number of halogens is 1. The van der Waals surface area contributed by atoms with E-state index >= 15 is 0 Å². The predicted molar refractivity (Wildman–Crippen MR) is 126 cm³/mol. The molecule has 3 rings (SSSR count). The smallest absolute Gasteiger partial charge is 0.250 e. The number of piperidine rings is 1. The lowest BCUT2D eigenvalue weighted by Gasteiger charge is -2.44. The molecule has 0 N–H and O–H groups in total. The molecule has 0 saturated carbocycles. The molecule has 2 fully saturated rings. The molecule has 0 atom stereocenters. The molecule has 7 nitrogen and oxygen atoms in total. The maximum atomic E-state index is 13.7. The van der Waals surface area contributed by atoms with E-state index in [4.69, 9.17) is 11.6 Å². The van der Waals surface area contributed by atoms with E-state index in [2.05, 4.69) is 4.90 Å². The zero-order valence-corrected chi connectivity index (χ0v) is 20.4. The van der Waals surface area contributed by atoms with E-state index in [1.165, 1.54) is 0 Å². The number of benzene rings is 1. The maximum absolute atomic E-state index is 13.7. The van der Waals surface area contributed by atoms with E-state index in [9.17, 15) is 14.4 Å². The summed E-state index contributed by atoms with van der Waals surface area (Å²) in [4.78, 5) is 46.8. The second-order valence-electron chi connectivity index (χ2n) is 9.32. The van der Waals surface area contributed by atoms with Crippen LogP contribution in [-0.2, 0) is 14.4 Å². The maximum Gasteiger partial charge on any atom is 0.250 e. The number of hydrogen-bond acceptors (Lipinski definition) is 4. The van der Waals surface area contributed by atoms with Crippen LogP contribution in [0.5, 0.6) is 0 Å². The molecule has 2 heterocycles. The molecule has 8 heteroatoms. The van der Waals surface area contributed by atoms with E-state index in [0.717, 1.165) is 5.69 Å². The number of rotatable bonds is 7. The highest BCUT2D eigenvalue weighted by atomic mass is 35.5. The quantitative estimate of drug-likeness (QED) is 0.584. The molecular formula is C24H35ClN4O3. The molecule has 3 amide bonds. The van der Waals surface area contributed by atoms with E-state index in [-0.39, 0.29) is 30.1 Å². The molecule has 0 radical (unpaired) electrons. The van der Waals surface area contributed by atoms with Crippen molar-refractivity contribution in [1.82, 2.24) is 14.7 Å². The highest BCUT2D eigenvalue weighted by Crippen LogP contribution is 2.40. The number of para-hydroxylation sites is 1. The first-order chi connectivity index (χ1) is 15.2. The molecule has 0 aliphatic carbocycles. The third-order valence-electron chi connectivity index (χ3n) is 6.82. The van der Waals surface area contributed by atoms with Crippen LogP contribution >= 0.6 is 11.6 Å². The minimum absolute atomic E-state index is 0.0209. The number of likely N-dealkylation sites (N-methyl/N-ethyl adjacent to an activating group) is 1. The average Bonchev–Trinajstić information content (AvgIpc) is 3.06. The Kier molecular flexibility index (Phi) is 7.38. The summed E-state index contributed by atoms with van der Waals surface area (Å²) in [6.45, 7) is 10.3. The molecule has 2 aliphatic rings. The van der Waals surface area contributed by atoms with Crippen LogP contribution in [0.25, 0.3) is 0 Å². The standard InChI is InChI=1S/C24H35ClN4O3/c1-5-26(6-2)20(30)16-28-18-29(19-10-8-7-9-11-19)24(22(28)32)12-14-27(15-13-24)21(31)23(3,4)17-25/h7-11H,5-6,12-18H2,1-4H3. The van der Waals surface area contributed by atoms with Crippen molar-refractivity contribution in [2.24, 2.45) is 5.41 Å². The van der Waals surface area contributed by atoms with Crippen molar-refractivity contribution in [3.63, 3.8) is 0 Å². The number of carbonyl (C=O) groups is 3. The van der Waals surface area contributed by atoms with E-state index in [0.29, 0.717) is 45.7 Å². The zero-order valence-electron chi connectivity index (χ0n) is 19.6. The third kappa shape index (κ3) is 4.45. The van der Waals surface area contributed by atoms with Gasteiger partial charge in [0.05, 0.1) is 12.1 Å². The van der Waals surface area contributed by atoms with Gasteiger partial charge in [-0.2, -0.15) is 0 Å². The molecule has 0 bridgehead atoms. The van der Waals surface area contributed by atoms with Gasteiger partial charge in [-0.3, -0.25) is 14.4 Å². The summed E-state index contributed by atoms with van der Waals surface area (Å²) in [6.07, 6.45) is 1.06. The number of carbonyl (C=O) groups excluding carboxylic acids is 3. The summed E-state index contributed by atoms with van der Waals surface area (Å²) in [6, 6.07) is 9.86. The average molecular weight is 463 g/mol. The van der Waals surface area contributed by atoms with Crippen LogP contribution in [0.3, 0.4) is 0 Å². The molecule has 2 aliphatic heterocycles.